The number of nitrogens with one attached hydrogen (secondary N) is 3. The maximum Gasteiger partial charge on any atom is 0.315 e. The van der Waals surface area contributed by atoms with Gasteiger partial charge in [0, 0.05) is 11.1 Å². The van der Waals surface area contributed by atoms with E-state index in [9.17, 15) is 9.59 Å². The van der Waals surface area contributed by atoms with Crippen LogP contribution in [0.15, 0.2) is 24.3 Å². The summed E-state index contributed by atoms with van der Waals surface area (Å²) in [6.45, 7) is 2.10. The molecule has 4 N–H and O–H groups in total. The molecule has 1 aromatic carbocycles. The summed E-state index contributed by atoms with van der Waals surface area (Å²) in [6.07, 6.45) is 9.25. The number of carbonyl (C=O) groups is 2. The normalized spacial score (nSPS) is 31.3. The lowest BCUT2D eigenvalue weighted by Crippen LogP contribution is -2.61. The van der Waals surface area contributed by atoms with Crippen LogP contribution in [0.1, 0.15) is 80.3 Å². The van der Waals surface area contributed by atoms with Crippen LogP contribution in [0.5, 0.6) is 0 Å². The van der Waals surface area contributed by atoms with E-state index in [0.717, 1.165) is 55.4 Å². The molecule has 6 heteroatoms. The average Bonchev–Trinajstić information content (AvgIpc) is 2.65. The largest absolute Gasteiger partial charge is 0.333 e. The zero-order valence-corrected chi connectivity index (χ0v) is 16.5. The molecule has 4 bridgehead atoms. The highest BCUT2D eigenvalue weighted by Crippen LogP contribution is 2.55. The van der Waals surface area contributed by atoms with Gasteiger partial charge in [-0.2, -0.15) is 0 Å². The number of amides is 3. The van der Waals surface area contributed by atoms with Crippen molar-refractivity contribution < 1.29 is 14.8 Å². The molecule has 3 amide bonds. The number of hydrogen-bond donors (Lipinski definition) is 4. The number of hydrogen-bond acceptors (Lipinski definition) is 3. The van der Waals surface area contributed by atoms with Crippen LogP contribution in [0.4, 0.5) is 4.79 Å². The van der Waals surface area contributed by atoms with E-state index >= 15 is 0 Å². The third-order valence-corrected chi connectivity index (χ3v) is 6.98. The summed E-state index contributed by atoms with van der Waals surface area (Å²) in [5.74, 6) is 1.85. The van der Waals surface area contributed by atoms with Crippen molar-refractivity contribution >= 4 is 11.9 Å². The third-order valence-electron chi connectivity index (χ3n) is 6.98. The van der Waals surface area contributed by atoms with Gasteiger partial charge in [-0.3, -0.25) is 10.0 Å². The Morgan fingerprint density at radius 3 is 2.14 bits per heavy atom. The van der Waals surface area contributed by atoms with E-state index in [0.29, 0.717) is 5.56 Å². The van der Waals surface area contributed by atoms with Gasteiger partial charge >= 0.3 is 6.03 Å². The Balaban J connectivity index is 1.42. The van der Waals surface area contributed by atoms with Gasteiger partial charge in [-0.1, -0.05) is 25.5 Å². The van der Waals surface area contributed by atoms with E-state index < -0.39 is 5.91 Å². The lowest BCUT2D eigenvalue weighted by molar-refractivity contribution is -0.0136. The second-order valence-electron chi connectivity index (χ2n) is 9.20. The van der Waals surface area contributed by atoms with Crippen molar-refractivity contribution in [3.8, 4) is 0 Å². The van der Waals surface area contributed by atoms with Gasteiger partial charge in [0.05, 0.1) is 6.04 Å². The minimum atomic E-state index is -0.536. The summed E-state index contributed by atoms with van der Waals surface area (Å²) < 4.78 is 0. The molecule has 4 saturated carbocycles. The predicted octanol–water partition coefficient (Wildman–Crippen LogP) is 3.91. The second-order valence-corrected chi connectivity index (χ2v) is 9.20. The van der Waals surface area contributed by atoms with Gasteiger partial charge in [0.25, 0.3) is 5.91 Å². The average molecular weight is 386 g/mol. The van der Waals surface area contributed by atoms with Crippen molar-refractivity contribution in [1.29, 1.82) is 0 Å². The maximum atomic E-state index is 12.9. The number of rotatable bonds is 6. The van der Waals surface area contributed by atoms with Crippen molar-refractivity contribution in [2.24, 2.45) is 17.8 Å². The van der Waals surface area contributed by atoms with Crippen molar-refractivity contribution in [1.82, 2.24) is 16.1 Å². The zero-order chi connectivity index (χ0) is 19.7. The second kappa shape index (κ2) is 7.74. The molecule has 1 unspecified atom stereocenters. The van der Waals surface area contributed by atoms with Gasteiger partial charge in [0.15, 0.2) is 0 Å². The molecular formula is C22H31N3O3. The molecule has 4 fully saturated rings. The van der Waals surface area contributed by atoms with E-state index in [2.05, 4.69) is 17.6 Å². The number of carbonyl (C=O) groups excluding carboxylic acids is 2. The molecule has 0 aliphatic heterocycles. The van der Waals surface area contributed by atoms with Crippen molar-refractivity contribution in [2.75, 3.05) is 0 Å². The van der Waals surface area contributed by atoms with Gasteiger partial charge in [-0.25, -0.2) is 10.3 Å². The molecule has 4 aliphatic carbocycles. The van der Waals surface area contributed by atoms with Gasteiger partial charge < -0.3 is 10.6 Å². The van der Waals surface area contributed by atoms with E-state index in [-0.39, 0.29) is 17.6 Å². The first-order valence-corrected chi connectivity index (χ1v) is 10.6. The number of urea groups is 1. The first kappa shape index (κ1) is 19.2. The Labute approximate surface area is 166 Å². The van der Waals surface area contributed by atoms with Crippen LogP contribution in [0.2, 0.25) is 0 Å². The molecule has 0 aromatic heterocycles. The molecule has 4 aliphatic rings. The Kier molecular flexibility index (Phi) is 5.32. The fourth-order valence-corrected chi connectivity index (χ4v) is 6.24. The maximum absolute atomic E-state index is 12.9. The molecular weight excluding hydrogens is 354 g/mol. The van der Waals surface area contributed by atoms with Crippen molar-refractivity contribution in [3.63, 3.8) is 0 Å². The fourth-order valence-electron chi connectivity index (χ4n) is 6.24. The first-order chi connectivity index (χ1) is 13.5. The van der Waals surface area contributed by atoms with Gasteiger partial charge in [0.1, 0.15) is 0 Å². The van der Waals surface area contributed by atoms with Gasteiger partial charge in [-0.15, -0.1) is 0 Å². The fraction of sp³-hybridized carbons (Fsp3) is 0.636. The number of hydroxylamine groups is 1. The van der Waals surface area contributed by atoms with Crippen molar-refractivity contribution in [2.45, 2.75) is 69.9 Å². The highest BCUT2D eigenvalue weighted by atomic mass is 16.5. The van der Waals surface area contributed by atoms with Crippen LogP contribution in [0.25, 0.3) is 0 Å². The van der Waals surface area contributed by atoms with Crippen LogP contribution >= 0.6 is 0 Å². The Morgan fingerprint density at radius 2 is 1.64 bits per heavy atom. The van der Waals surface area contributed by atoms with Crippen LogP contribution < -0.4 is 16.1 Å². The van der Waals surface area contributed by atoms with Crippen LogP contribution in [0.3, 0.4) is 0 Å². The van der Waals surface area contributed by atoms with Crippen LogP contribution in [0, 0.1) is 17.8 Å². The Morgan fingerprint density at radius 1 is 1.07 bits per heavy atom. The zero-order valence-electron chi connectivity index (χ0n) is 16.5. The minimum absolute atomic E-state index is 0.00132. The molecule has 0 radical (unpaired) electrons. The lowest BCUT2D eigenvalue weighted by atomic mass is 9.53. The summed E-state index contributed by atoms with van der Waals surface area (Å²) >= 11 is 0. The van der Waals surface area contributed by atoms with Crippen molar-refractivity contribution in [3.05, 3.63) is 35.4 Å². The van der Waals surface area contributed by atoms with Crippen LogP contribution in [-0.2, 0) is 0 Å². The molecule has 0 saturated heterocycles. The van der Waals surface area contributed by atoms with E-state index in [1.807, 2.05) is 12.1 Å². The smallest absolute Gasteiger partial charge is 0.315 e. The molecule has 0 heterocycles. The topological polar surface area (TPSA) is 90.5 Å². The summed E-state index contributed by atoms with van der Waals surface area (Å²) in [5.41, 5.74) is 3.00. The highest BCUT2D eigenvalue weighted by molar-refractivity contribution is 5.93. The molecule has 0 spiro atoms. The molecule has 6 nitrogen and oxygen atoms in total. The summed E-state index contributed by atoms with van der Waals surface area (Å²) in [6, 6.07) is 6.86. The van der Waals surface area contributed by atoms with Crippen LogP contribution in [-0.4, -0.2) is 22.7 Å². The summed E-state index contributed by atoms with van der Waals surface area (Å²) in [4.78, 5) is 24.4. The lowest BCUT2D eigenvalue weighted by Gasteiger charge is -2.56. The minimum Gasteiger partial charge on any atom is -0.333 e. The molecule has 1 aromatic rings. The van der Waals surface area contributed by atoms with E-state index in [1.165, 1.54) is 19.3 Å². The third kappa shape index (κ3) is 3.88. The molecule has 28 heavy (non-hydrogen) atoms. The molecule has 1 atom stereocenters. The Bertz CT molecular complexity index is 696. The molecule has 152 valence electrons. The Hall–Kier alpha value is -2.08. The first-order valence-electron chi connectivity index (χ1n) is 10.6. The summed E-state index contributed by atoms with van der Waals surface area (Å²) in [7, 11) is 0. The number of benzene rings is 1. The molecule has 5 rings (SSSR count). The summed E-state index contributed by atoms with van der Waals surface area (Å²) in [5, 5.41) is 15.3. The quantitative estimate of drug-likeness (QED) is 0.442. The monoisotopic (exact) mass is 385 g/mol. The standard InChI is InChI=1S/C22H31N3O3/c1-2-3-19(17-4-6-18(7-5-17)20(26)25-28)23-21(27)24-22-11-14-8-15(12-22)10-16(9-14)13-22/h4-7,14-16,19,28H,2-3,8-13H2,1H3,(H,25,26)(H2,23,24,27). The SMILES string of the molecule is CCCC(NC(=O)NC12CC3CC(CC(C3)C1)C2)c1ccc(C(=O)NO)cc1. The highest BCUT2D eigenvalue weighted by Gasteiger charge is 2.51. The van der Waals surface area contributed by atoms with E-state index in [1.54, 1.807) is 17.6 Å². The van der Waals surface area contributed by atoms with Gasteiger partial charge in [0.2, 0.25) is 0 Å². The predicted molar refractivity (Wildman–Crippen MR) is 106 cm³/mol. The van der Waals surface area contributed by atoms with Gasteiger partial charge in [-0.05, 0) is 80.4 Å². The van der Waals surface area contributed by atoms with E-state index in [4.69, 9.17) is 5.21 Å².